The fourth-order valence-electron chi connectivity index (χ4n) is 2.91. The molecule has 0 radical (unpaired) electrons. The number of hydrogen-bond acceptors (Lipinski definition) is 4. The van der Waals surface area contributed by atoms with Gasteiger partial charge in [0.25, 0.3) is 0 Å². The third kappa shape index (κ3) is 2.33. The summed E-state index contributed by atoms with van der Waals surface area (Å²) in [5, 5.41) is 0.624. The van der Waals surface area contributed by atoms with Crippen molar-refractivity contribution in [3.63, 3.8) is 0 Å². The van der Waals surface area contributed by atoms with Crippen molar-refractivity contribution in [2.24, 2.45) is 0 Å². The molecule has 1 aromatic carbocycles. The highest BCUT2D eigenvalue weighted by Crippen LogP contribution is 2.36. The highest BCUT2D eigenvalue weighted by atomic mass is 19.1. The lowest BCUT2D eigenvalue weighted by molar-refractivity contribution is 0.122. The number of rotatable bonds is 2. The zero-order valence-corrected chi connectivity index (χ0v) is 12.2. The molecule has 3 heterocycles. The Morgan fingerprint density at radius 3 is 2.57 bits per heavy atom. The molecular formula is C16H14F2N4O. The number of H-pyrrole nitrogens is 1. The van der Waals surface area contributed by atoms with Crippen molar-refractivity contribution < 1.29 is 13.5 Å². The lowest BCUT2D eigenvalue weighted by Gasteiger charge is -2.28. The van der Waals surface area contributed by atoms with Crippen LogP contribution in [0.4, 0.5) is 14.6 Å². The molecule has 5 nitrogen and oxygen atoms in total. The molecule has 1 aliphatic rings. The standard InChI is InChI=1S/C16H14F2N4O/c17-11-2-1-3-12(18)13(11)10-8-19-15-14(10)16(21-9-20-15)22-4-6-23-7-5-22/h1-3,8-9H,4-7H2,(H,19,20,21). The van der Waals surface area contributed by atoms with Crippen molar-refractivity contribution >= 4 is 16.9 Å². The molecule has 0 spiro atoms. The summed E-state index contributed by atoms with van der Waals surface area (Å²) in [6.07, 6.45) is 3.02. The van der Waals surface area contributed by atoms with E-state index in [0.29, 0.717) is 48.7 Å². The van der Waals surface area contributed by atoms with Crippen LogP contribution >= 0.6 is 0 Å². The van der Waals surface area contributed by atoms with E-state index in [1.165, 1.54) is 24.5 Å². The van der Waals surface area contributed by atoms with Crippen LogP contribution in [0.1, 0.15) is 0 Å². The van der Waals surface area contributed by atoms with Gasteiger partial charge in [-0.2, -0.15) is 0 Å². The average Bonchev–Trinajstić information content (AvgIpc) is 2.99. The van der Waals surface area contributed by atoms with Crippen LogP contribution in [0.3, 0.4) is 0 Å². The van der Waals surface area contributed by atoms with Gasteiger partial charge in [0, 0.05) is 24.8 Å². The highest BCUT2D eigenvalue weighted by molar-refractivity contribution is 6.01. The maximum atomic E-state index is 14.2. The second kappa shape index (κ2) is 5.58. The molecule has 1 N–H and O–H groups in total. The Kier molecular flexibility index (Phi) is 3.42. The Morgan fingerprint density at radius 2 is 1.83 bits per heavy atom. The number of nitrogens with zero attached hydrogens (tertiary/aromatic N) is 3. The van der Waals surface area contributed by atoms with Gasteiger partial charge in [0.05, 0.1) is 24.2 Å². The molecule has 2 aromatic heterocycles. The molecule has 0 amide bonds. The van der Waals surface area contributed by atoms with E-state index in [1.807, 2.05) is 4.90 Å². The first-order chi connectivity index (χ1) is 11.3. The van der Waals surface area contributed by atoms with E-state index in [1.54, 1.807) is 6.20 Å². The van der Waals surface area contributed by atoms with Gasteiger partial charge in [-0.05, 0) is 12.1 Å². The van der Waals surface area contributed by atoms with E-state index in [9.17, 15) is 8.78 Å². The molecule has 0 bridgehead atoms. The summed E-state index contributed by atoms with van der Waals surface area (Å²) in [7, 11) is 0. The van der Waals surface area contributed by atoms with Gasteiger partial charge in [-0.15, -0.1) is 0 Å². The monoisotopic (exact) mass is 316 g/mol. The van der Waals surface area contributed by atoms with Gasteiger partial charge < -0.3 is 14.6 Å². The zero-order valence-electron chi connectivity index (χ0n) is 12.2. The first-order valence-electron chi connectivity index (χ1n) is 7.35. The number of nitrogens with one attached hydrogen (secondary N) is 1. The molecule has 23 heavy (non-hydrogen) atoms. The number of benzene rings is 1. The lowest BCUT2D eigenvalue weighted by atomic mass is 10.0. The number of halogens is 2. The van der Waals surface area contributed by atoms with Crippen molar-refractivity contribution in [2.75, 3.05) is 31.2 Å². The molecule has 0 aliphatic carbocycles. The second-order valence-electron chi connectivity index (χ2n) is 5.32. The highest BCUT2D eigenvalue weighted by Gasteiger charge is 2.22. The van der Waals surface area contributed by atoms with Crippen LogP contribution in [0.2, 0.25) is 0 Å². The molecule has 118 valence electrons. The number of ether oxygens (including phenoxy) is 1. The summed E-state index contributed by atoms with van der Waals surface area (Å²) in [6.45, 7) is 2.55. The summed E-state index contributed by atoms with van der Waals surface area (Å²) >= 11 is 0. The molecule has 0 atom stereocenters. The molecule has 3 aromatic rings. The summed E-state index contributed by atoms with van der Waals surface area (Å²) < 4.78 is 33.7. The molecule has 0 saturated carbocycles. The van der Waals surface area contributed by atoms with E-state index in [0.717, 1.165) is 0 Å². The Balaban J connectivity index is 1.95. The predicted molar refractivity (Wildman–Crippen MR) is 82.3 cm³/mol. The van der Waals surface area contributed by atoms with E-state index in [2.05, 4.69) is 15.0 Å². The van der Waals surface area contributed by atoms with E-state index in [-0.39, 0.29) is 5.56 Å². The van der Waals surface area contributed by atoms with Crippen LogP contribution in [0.25, 0.3) is 22.2 Å². The van der Waals surface area contributed by atoms with Crippen LogP contribution in [0.5, 0.6) is 0 Å². The number of aromatic amines is 1. The van der Waals surface area contributed by atoms with E-state index < -0.39 is 11.6 Å². The minimum absolute atomic E-state index is 0.0666. The lowest BCUT2D eigenvalue weighted by Crippen LogP contribution is -2.36. The van der Waals surface area contributed by atoms with E-state index >= 15 is 0 Å². The van der Waals surface area contributed by atoms with Gasteiger partial charge in [0.15, 0.2) is 0 Å². The maximum Gasteiger partial charge on any atom is 0.143 e. The van der Waals surface area contributed by atoms with Crippen LogP contribution in [0, 0.1) is 11.6 Å². The molecule has 0 unspecified atom stereocenters. The summed E-state index contributed by atoms with van der Waals surface area (Å²) in [5.41, 5.74) is 0.917. The van der Waals surface area contributed by atoms with Gasteiger partial charge in [-0.1, -0.05) is 6.07 Å². The molecule has 4 rings (SSSR count). The molecule has 1 aliphatic heterocycles. The van der Waals surface area contributed by atoms with Crippen molar-refractivity contribution in [3.8, 4) is 11.1 Å². The molecule has 1 fully saturated rings. The Labute approximate surface area is 130 Å². The largest absolute Gasteiger partial charge is 0.378 e. The number of fused-ring (bicyclic) bond motifs is 1. The van der Waals surface area contributed by atoms with Gasteiger partial charge in [-0.3, -0.25) is 0 Å². The second-order valence-corrected chi connectivity index (χ2v) is 5.32. The number of hydrogen-bond donors (Lipinski definition) is 1. The third-order valence-corrected chi connectivity index (χ3v) is 3.99. The van der Waals surface area contributed by atoms with Crippen LogP contribution < -0.4 is 4.90 Å². The summed E-state index contributed by atoms with van der Waals surface area (Å²) in [4.78, 5) is 13.5. The molecule has 1 saturated heterocycles. The molecule has 7 heteroatoms. The minimum Gasteiger partial charge on any atom is -0.378 e. The summed E-state index contributed by atoms with van der Waals surface area (Å²) in [6, 6.07) is 3.84. The SMILES string of the molecule is Fc1cccc(F)c1-c1c[nH]c2ncnc(N3CCOCC3)c12. The Morgan fingerprint density at radius 1 is 1.09 bits per heavy atom. The van der Waals surface area contributed by atoms with Gasteiger partial charge in [-0.25, -0.2) is 18.7 Å². The van der Waals surface area contributed by atoms with E-state index in [4.69, 9.17) is 4.74 Å². The smallest absolute Gasteiger partial charge is 0.143 e. The van der Waals surface area contributed by atoms with Gasteiger partial charge in [0.1, 0.15) is 29.4 Å². The summed E-state index contributed by atoms with van der Waals surface area (Å²) in [5.74, 6) is -0.553. The first kappa shape index (κ1) is 14.1. The van der Waals surface area contributed by atoms with Crippen molar-refractivity contribution in [1.82, 2.24) is 15.0 Å². The molecular weight excluding hydrogens is 302 g/mol. The van der Waals surface area contributed by atoms with Crippen LogP contribution in [0.15, 0.2) is 30.7 Å². The van der Waals surface area contributed by atoms with Crippen LogP contribution in [-0.4, -0.2) is 41.3 Å². The normalized spacial score (nSPS) is 15.3. The third-order valence-electron chi connectivity index (χ3n) is 3.99. The number of anilines is 1. The topological polar surface area (TPSA) is 54.0 Å². The van der Waals surface area contributed by atoms with Crippen molar-refractivity contribution in [2.45, 2.75) is 0 Å². The predicted octanol–water partition coefficient (Wildman–Crippen LogP) is 2.74. The average molecular weight is 316 g/mol. The van der Waals surface area contributed by atoms with Crippen LogP contribution in [-0.2, 0) is 4.74 Å². The van der Waals surface area contributed by atoms with Gasteiger partial charge in [0.2, 0.25) is 0 Å². The zero-order chi connectivity index (χ0) is 15.8. The number of morpholine rings is 1. The van der Waals surface area contributed by atoms with Gasteiger partial charge >= 0.3 is 0 Å². The minimum atomic E-state index is -0.609. The fourth-order valence-corrected chi connectivity index (χ4v) is 2.91. The number of aromatic nitrogens is 3. The van der Waals surface area contributed by atoms with Crippen molar-refractivity contribution in [3.05, 3.63) is 42.4 Å². The van der Waals surface area contributed by atoms with Crippen molar-refractivity contribution in [1.29, 1.82) is 0 Å². The fraction of sp³-hybridized carbons (Fsp3) is 0.250. The maximum absolute atomic E-state index is 14.2. The Bertz CT molecular complexity index is 838. The first-order valence-corrected chi connectivity index (χ1v) is 7.35. The quantitative estimate of drug-likeness (QED) is 0.790. The Hall–Kier alpha value is -2.54.